The average molecular weight is 258 g/mol. The Bertz CT molecular complexity index is 283. The molecular weight excluding hydrogens is 251 g/mol. The van der Waals surface area contributed by atoms with Gasteiger partial charge in [-0.1, -0.05) is 0 Å². The first-order valence-electron chi connectivity index (χ1n) is 3.41. The van der Waals surface area contributed by atoms with Gasteiger partial charge in [-0.05, 0) is 15.9 Å². The number of hydrogen-bond donors (Lipinski definition) is 1. The standard InChI is InChI=1S/C6H7BrF3N3/c7-4-2-12-13(3-4)5(1-11)6(8,9)10/h2-3,5H,1,11H2. The first kappa shape index (κ1) is 10.5. The lowest BCUT2D eigenvalue weighted by atomic mass is 10.3. The van der Waals surface area contributed by atoms with Crippen LogP contribution in [0.4, 0.5) is 13.2 Å². The molecule has 1 unspecified atom stereocenters. The second kappa shape index (κ2) is 3.67. The van der Waals surface area contributed by atoms with Crippen molar-refractivity contribution >= 4 is 15.9 Å². The summed E-state index contributed by atoms with van der Waals surface area (Å²) in [7, 11) is 0. The van der Waals surface area contributed by atoms with Crippen molar-refractivity contribution in [3.8, 4) is 0 Å². The molecule has 0 amide bonds. The molecule has 0 saturated carbocycles. The van der Waals surface area contributed by atoms with Crippen LogP contribution in [-0.4, -0.2) is 22.5 Å². The third-order valence-electron chi connectivity index (χ3n) is 1.49. The lowest BCUT2D eigenvalue weighted by molar-refractivity contribution is -0.167. The van der Waals surface area contributed by atoms with E-state index in [1.807, 2.05) is 0 Å². The summed E-state index contributed by atoms with van der Waals surface area (Å²) < 4.78 is 38.1. The van der Waals surface area contributed by atoms with E-state index in [0.717, 1.165) is 4.68 Å². The minimum absolute atomic E-state index is 0.496. The average Bonchev–Trinajstić information content (AvgIpc) is 2.34. The predicted molar refractivity (Wildman–Crippen MR) is 44.1 cm³/mol. The van der Waals surface area contributed by atoms with Gasteiger partial charge in [-0.3, -0.25) is 4.68 Å². The van der Waals surface area contributed by atoms with Gasteiger partial charge in [0.2, 0.25) is 0 Å². The lowest BCUT2D eigenvalue weighted by Gasteiger charge is -2.18. The quantitative estimate of drug-likeness (QED) is 0.877. The minimum Gasteiger partial charge on any atom is -0.328 e. The van der Waals surface area contributed by atoms with Crippen molar-refractivity contribution in [2.75, 3.05) is 6.54 Å². The van der Waals surface area contributed by atoms with E-state index in [-0.39, 0.29) is 0 Å². The summed E-state index contributed by atoms with van der Waals surface area (Å²) in [5.41, 5.74) is 5.00. The smallest absolute Gasteiger partial charge is 0.328 e. The van der Waals surface area contributed by atoms with E-state index in [1.165, 1.54) is 12.4 Å². The van der Waals surface area contributed by atoms with Gasteiger partial charge in [-0.2, -0.15) is 18.3 Å². The molecule has 3 nitrogen and oxygen atoms in total. The highest BCUT2D eigenvalue weighted by Crippen LogP contribution is 2.29. The zero-order valence-electron chi connectivity index (χ0n) is 6.42. The molecule has 2 N–H and O–H groups in total. The number of aromatic nitrogens is 2. The van der Waals surface area contributed by atoms with Crippen LogP contribution in [0.25, 0.3) is 0 Å². The van der Waals surface area contributed by atoms with Gasteiger partial charge in [-0.15, -0.1) is 0 Å². The summed E-state index contributed by atoms with van der Waals surface area (Å²) in [6, 6.07) is -1.75. The summed E-state index contributed by atoms with van der Waals surface area (Å²) in [4.78, 5) is 0. The Balaban J connectivity index is 2.91. The van der Waals surface area contributed by atoms with Crippen molar-refractivity contribution in [1.29, 1.82) is 0 Å². The Labute approximate surface area is 80.8 Å². The Morgan fingerprint density at radius 3 is 2.54 bits per heavy atom. The summed E-state index contributed by atoms with van der Waals surface area (Å²) in [5.74, 6) is 0. The van der Waals surface area contributed by atoms with Gasteiger partial charge in [0.05, 0.1) is 10.7 Å². The van der Waals surface area contributed by atoms with E-state index in [0.29, 0.717) is 4.47 Å². The first-order chi connectivity index (χ1) is 5.95. The monoisotopic (exact) mass is 257 g/mol. The maximum atomic E-state index is 12.3. The molecule has 1 aromatic rings. The van der Waals surface area contributed by atoms with Crippen LogP contribution in [0.15, 0.2) is 16.9 Å². The van der Waals surface area contributed by atoms with Gasteiger partial charge in [0.1, 0.15) is 0 Å². The highest BCUT2D eigenvalue weighted by atomic mass is 79.9. The van der Waals surface area contributed by atoms with E-state index < -0.39 is 18.8 Å². The van der Waals surface area contributed by atoms with E-state index in [9.17, 15) is 13.2 Å². The second-order valence-electron chi connectivity index (χ2n) is 2.43. The Kier molecular flexibility index (Phi) is 2.97. The van der Waals surface area contributed by atoms with Gasteiger partial charge in [-0.25, -0.2) is 0 Å². The van der Waals surface area contributed by atoms with Crippen molar-refractivity contribution in [2.45, 2.75) is 12.2 Å². The van der Waals surface area contributed by atoms with Gasteiger partial charge in [0.25, 0.3) is 0 Å². The fourth-order valence-corrected chi connectivity index (χ4v) is 1.18. The normalized spacial score (nSPS) is 14.5. The van der Waals surface area contributed by atoms with Crippen LogP contribution in [0.5, 0.6) is 0 Å². The molecule has 0 saturated heterocycles. The number of rotatable bonds is 2. The van der Waals surface area contributed by atoms with Gasteiger partial charge in [0, 0.05) is 12.7 Å². The van der Waals surface area contributed by atoms with Crippen LogP contribution in [-0.2, 0) is 0 Å². The highest BCUT2D eigenvalue weighted by Gasteiger charge is 2.40. The van der Waals surface area contributed by atoms with Gasteiger partial charge < -0.3 is 5.73 Å². The molecule has 1 aromatic heterocycles. The molecule has 74 valence electrons. The van der Waals surface area contributed by atoms with E-state index in [4.69, 9.17) is 5.73 Å². The van der Waals surface area contributed by atoms with Crippen molar-refractivity contribution < 1.29 is 13.2 Å². The van der Waals surface area contributed by atoms with Crippen LogP contribution in [0, 0.1) is 0 Å². The molecule has 1 heterocycles. The Morgan fingerprint density at radius 2 is 2.23 bits per heavy atom. The topological polar surface area (TPSA) is 43.8 Å². The van der Waals surface area contributed by atoms with Crippen molar-refractivity contribution in [2.24, 2.45) is 5.73 Å². The summed E-state index contributed by atoms with van der Waals surface area (Å²) in [6.07, 6.45) is -1.83. The molecule has 0 aliphatic carbocycles. The SMILES string of the molecule is NCC(n1cc(Br)cn1)C(F)(F)F. The Hall–Kier alpha value is -0.560. The van der Waals surface area contributed by atoms with E-state index in [1.54, 1.807) is 0 Å². The summed E-state index contributed by atoms with van der Waals surface area (Å²) in [6.45, 7) is -0.516. The molecule has 0 bridgehead atoms. The van der Waals surface area contributed by atoms with E-state index in [2.05, 4.69) is 21.0 Å². The zero-order chi connectivity index (χ0) is 10.1. The third kappa shape index (κ3) is 2.44. The maximum Gasteiger partial charge on any atom is 0.412 e. The second-order valence-corrected chi connectivity index (χ2v) is 3.35. The van der Waals surface area contributed by atoms with Crippen LogP contribution in [0.2, 0.25) is 0 Å². The first-order valence-corrected chi connectivity index (χ1v) is 4.21. The molecule has 13 heavy (non-hydrogen) atoms. The van der Waals surface area contributed by atoms with Crippen LogP contribution in [0.1, 0.15) is 6.04 Å². The fraction of sp³-hybridized carbons (Fsp3) is 0.500. The van der Waals surface area contributed by atoms with Crippen LogP contribution in [0.3, 0.4) is 0 Å². The molecule has 0 radical (unpaired) electrons. The Morgan fingerprint density at radius 1 is 1.62 bits per heavy atom. The van der Waals surface area contributed by atoms with Gasteiger partial charge in [0.15, 0.2) is 6.04 Å². The molecule has 1 atom stereocenters. The van der Waals surface area contributed by atoms with Crippen molar-refractivity contribution in [1.82, 2.24) is 9.78 Å². The molecule has 7 heteroatoms. The number of nitrogens with zero attached hydrogens (tertiary/aromatic N) is 2. The number of hydrogen-bond acceptors (Lipinski definition) is 2. The molecule has 0 aromatic carbocycles. The fourth-order valence-electron chi connectivity index (χ4n) is 0.877. The molecule has 0 fully saturated rings. The molecule has 0 aliphatic heterocycles. The largest absolute Gasteiger partial charge is 0.412 e. The molecule has 0 spiro atoms. The third-order valence-corrected chi connectivity index (χ3v) is 1.90. The van der Waals surface area contributed by atoms with Gasteiger partial charge >= 0.3 is 6.18 Å². The summed E-state index contributed by atoms with van der Waals surface area (Å²) >= 11 is 3.00. The molecule has 0 aliphatic rings. The van der Waals surface area contributed by atoms with E-state index >= 15 is 0 Å². The predicted octanol–water partition coefficient (Wildman–Crippen LogP) is 1.71. The van der Waals surface area contributed by atoms with Crippen LogP contribution < -0.4 is 5.73 Å². The molecular formula is C6H7BrF3N3. The maximum absolute atomic E-state index is 12.3. The highest BCUT2D eigenvalue weighted by molar-refractivity contribution is 9.10. The van der Waals surface area contributed by atoms with Crippen molar-refractivity contribution in [3.05, 3.63) is 16.9 Å². The number of halogens is 4. The summed E-state index contributed by atoms with van der Waals surface area (Å²) in [5, 5.41) is 3.52. The zero-order valence-corrected chi connectivity index (χ0v) is 8.01. The molecule has 1 rings (SSSR count). The minimum atomic E-state index is -4.36. The lowest BCUT2D eigenvalue weighted by Crippen LogP contribution is -2.33. The van der Waals surface area contributed by atoms with Crippen molar-refractivity contribution in [3.63, 3.8) is 0 Å². The van der Waals surface area contributed by atoms with Crippen LogP contribution >= 0.6 is 15.9 Å². The number of alkyl halides is 3. The number of nitrogens with two attached hydrogens (primary N) is 1.